The molecule has 0 aliphatic heterocycles. The number of carbonyl (C=O) groups excluding carboxylic acids is 1. The Morgan fingerprint density at radius 2 is 2.41 bits per heavy atom. The first-order valence-electron chi connectivity index (χ1n) is 5.88. The van der Waals surface area contributed by atoms with E-state index >= 15 is 0 Å². The van der Waals surface area contributed by atoms with Crippen molar-refractivity contribution in [1.29, 1.82) is 0 Å². The summed E-state index contributed by atoms with van der Waals surface area (Å²) in [7, 11) is 0. The van der Waals surface area contributed by atoms with E-state index in [1.165, 1.54) is 24.2 Å². The van der Waals surface area contributed by atoms with Crippen LogP contribution in [0, 0.1) is 0 Å². The van der Waals surface area contributed by atoms with Crippen LogP contribution in [-0.2, 0) is 0 Å². The van der Waals surface area contributed by atoms with E-state index < -0.39 is 0 Å². The quantitative estimate of drug-likeness (QED) is 0.913. The molecule has 1 fully saturated rings. The third-order valence-corrected chi connectivity index (χ3v) is 5.50. The zero-order chi connectivity index (χ0) is 12.3. The molecule has 1 aliphatic rings. The first kappa shape index (κ1) is 13.2. The number of nitrogens with one attached hydrogen (secondary N) is 1. The second-order valence-corrected chi connectivity index (χ2v) is 7.34. The molecule has 1 N–H and O–H groups in total. The van der Waals surface area contributed by atoms with Crippen LogP contribution in [0.25, 0.3) is 0 Å². The maximum Gasteiger partial charge on any atom is 0.261 e. The highest BCUT2D eigenvalue weighted by Gasteiger charge is 2.28. The van der Waals surface area contributed by atoms with Crippen LogP contribution in [0.3, 0.4) is 0 Å². The summed E-state index contributed by atoms with van der Waals surface area (Å²) in [6.07, 6.45) is 3.53. The van der Waals surface area contributed by atoms with Gasteiger partial charge in [0.15, 0.2) is 0 Å². The molecule has 0 unspecified atom stereocenters. The van der Waals surface area contributed by atoms with Gasteiger partial charge < -0.3 is 5.32 Å². The zero-order valence-corrected chi connectivity index (χ0v) is 12.1. The summed E-state index contributed by atoms with van der Waals surface area (Å²) in [6.45, 7) is 2.17. The number of thiophene rings is 1. The molecular formula is C12H16ClNOS2. The number of hydrogen-bond acceptors (Lipinski definition) is 3. The fraction of sp³-hybridized carbons (Fsp3) is 0.583. The standard InChI is InChI=1S/C12H16ClNOS2/c1-2-16-9-5-3-4-8(9)14-12(15)10-6-7-11(13)17-10/h6-9H,2-5H2,1H3,(H,14,15)/t8-,9-/m1/s1. The van der Waals surface area contributed by atoms with Gasteiger partial charge in [-0.15, -0.1) is 11.3 Å². The second-order valence-electron chi connectivity index (χ2n) is 4.11. The van der Waals surface area contributed by atoms with Crippen molar-refractivity contribution in [2.75, 3.05) is 5.75 Å². The van der Waals surface area contributed by atoms with Gasteiger partial charge in [-0.2, -0.15) is 11.8 Å². The molecule has 2 nitrogen and oxygen atoms in total. The highest BCUT2D eigenvalue weighted by atomic mass is 35.5. The predicted molar refractivity (Wildman–Crippen MR) is 76.4 cm³/mol. The van der Waals surface area contributed by atoms with Crippen LogP contribution in [0.5, 0.6) is 0 Å². The van der Waals surface area contributed by atoms with E-state index in [1.807, 2.05) is 11.8 Å². The van der Waals surface area contributed by atoms with E-state index in [1.54, 1.807) is 12.1 Å². The highest BCUT2D eigenvalue weighted by molar-refractivity contribution is 7.99. The lowest BCUT2D eigenvalue weighted by Gasteiger charge is -2.19. The molecule has 2 rings (SSSR count). The fourth-order valence-electron chi connectivity index (χ4n) is 2.18. The minimum absolute atomic E-state index is 0.0236. The van der Waals surface area contributed by atoms with Gasteiger partial charge in [0, 0.05) is 11.3 Å². The molecule has 0 aromatic carbocycles. The van der Waals surface area contributed by atoms with E-state index in [9.17, 15) is 4.79 Å². The smallest absolute Gasteiger partial charge is 0.261 e. The number of carbonyl (C=O) groups is 1. The Kier molecular flexibility index (Phi) is 4.77. The monoisotopic (exact) mass is 289 g/mol. The average Bonchev–Trinajstić information content (AvgIpc) is 2.89. The summed E-state index contributed by atoms with van der Waals surface area (Å²) < 4.78 is 0.668. The van der Waals surface area contributed by atoms with Gasteiger partial charge in [0.25, 0.3) is 5.91 Å². The molecule has 0 radical (unpaired) electrons. The number of thioether (sulfide) groups is 1. The molecule has 94 valence electrons. The Hall–Kier alpha value is -0.190. The van der Waals surface area contributed by atoms with Crippen LogP contribution >= 0.6 is 34.7 Å². The molecule has 2 atom stereocenters. The first-order chi connectivity index (χ1) is 8.20. The summed E-state index contributed by atoms with van der Waals surface area (Å²) in [5.41, 5.74) is 0. The van der Waals surface area contributed by atoms with Crippen molar-refractivity contribution in [3.8, 4) is 0 Å². The molecule has 17 heavy (non-hydrogen) atoms. The summed E-state index contributed by atoms with van der Waals surface area (Å²) >= 11 is 9.13. The van der Waals surface area contributed by atoms with Gasteiger partial charge in [-0.25, -0.2) is 0 Å². The lowest BCUT2D eigenvalue weighted by molar-refractivity contribution is 0.0943. The van der Waals surface area contributed by atoms with E-state index in [-0.39, 0.29) is 5.91 Å². The maximum absolute atomic E-state index is 12.0. The van der Waals surface area contributed by atoms with Crippen molar-refractivity contribution in [2.45, 2.75) is 37.5 Å². The molecular weight excluding hydrogens is 274 g/mol. The van der Waals surface area contributed by atoms with Crippen molar-refractivity contribution in [3.05, 3.63) is 21.3 Å². The van der Waals surface area contributed by atoms with E-state index in [2.05, 4.69) is 12.2 Å². The van der Waals surface area contributed by atoms with Gasteiger partial charge in [0.2, 0.25) is 0 Å². The van der Waals surface area contributed by atoms with Gasteiger partial charge in [0.05, 0.1) is 9.21 Å². The molecule has 0 spiro atoms. The molecule has 0 bridgehead atoms. The van der Waals surface area contributed by atoms with Crippen LogP contribution < -0.4 is 5.32 Å². The average molecular weight is 290 g/mol. The zero-order valence-electron chi connectivity index (χ0n) is 9.74. The Morgan fingerprint density at radius 1 is 1.59 bits per heavy atom. The van der Waals surface area contributed by atoms with Crippen LogP contribution in [0.4, 0.5) is 0 Å². The van der Waals surface area contributed by atoms with E-state index in [0.29, 0.717) is 20.5 Å². The summed E-state index contributed by atoms with van der Waals surface area (Å²) in [5.74, 6) is 1.14. The van der Waals surface area contributed by atoms with Crippen molar-refractivity contribution in [3.63, 3.8) is 0 Å². The summed E-state index contributed by atoms with van der Waals surface area (Å²) in [4.78, 5) is 12.7. The van der Waals surface area contributed by atoms with Crippen molar-refractivity contribution in [2.24, 2.45) is 0 Å². The van der Waals surface area contributed by atoms with E-state index in [4.69, 9.17) is 11.6 Å². The van der Waals surface area contributed by atoms with Gasteiger partial charge in [-0.05, 0) is 30.7 Å². The molecule has 0 saturated heterocycles. The number of rotatable bonds is 4. The second kappa shape index (κ2) is 6.12. The van der Waals surface area contributed by atoms with Gasteiger partial charge in [0.1, 0.15) is 0 Å². The topological polar surface area (TPSA) is 29.1 Å². The Balaban J connectivity index is 1.94. The normalized spacial score (nSPS) is 23.9. The van der Waals surface area contributed by atoms with Gasteiger partial charge in [-0.1, -0.05) is 24.9 Å². The van der Waals surface area contributed by atoms with Crippen LogP contribution in [0.1, 0.15) is 35.9 Å². The summed E-state index contributed by atoms with van der Waals surface area (Å²) in [5, 5.41) is 3.72. The third-order valence-electron chi connectivity index (χ3n) is 2.95. The molecule has 1 heterocycles. The van der Waals surface area contributed by atoms with Gasteiger partial charge >= 0.3 is 0 Å². The van der Waals surface area contributed by atoms with E-state index in [0.717, 1.165) is 12.2 Å². The molecule has 1 aliphatic carbocycles. The minimum Gasteiger partial charge on any atom is -0.347 e. The van der Waals surface area contributed by atoms with Crippen LogP contribution in [0.2, 0.25) is 4.34 Å². The lowest BCUT2D eigenvalue weighted by atomic mass is 10.2. The maximum atomic E-state index is 12.0. The van der Waals surface area contributed by atoms with Crippen molar-refractivity contribution < 1.29 is 4.79 Å². The highest BCUT2D eigenvalue weighted by Crippen LogP contribution is 2.30. The fourth-order valence-corrected chi connectivity index (χ4v) is 4.32. The molecule has 5 heteroatoms. The number of hydrogen-bond donors (Lipinski definition) is 1. The molecule has 1 aromatic rings. The largest absolute Gasteiger partial charge is 0.347 e. The number of amides is 1. The van der Waals surface area contributed by atoms with Crippen molar-refractivity contribution in [1.82, 2.24) is 5.32 Å². The lowest BCUT2D eigenvalue weighted by Crippen LogP contribution is -2.38. The Morgan fingerprint density at radius 3 is 3.06 bits per heavy atom. The number of halogens is 1. The SMILES string of the molecule is CCS[C@@H]1CCC[C@H]1NC(=O)c1ccc(Cl)s1. The Bertz CT molecular complexity index is 394. The van der Waals surface area contributed by atoms with Crippen LogP contribution in [-0.4, -0.2) is 23.0 Å². The van der Waals surface area contributed by atoms with Crippen LogP contribution in [0.15, 0.2) is 12.1 Å². The third kappa shape index (κ3) is 3.39. The minimum atomic E-state index is 0.0236. The Labute approximate surface area is 115 Å². The first-order valence-corrected chi connectivity index (χ1v) is 8.13. The van der Waals surface area contributed by atoms with Crippen molar-refractivity contribution >= 4 is 40.6 Å². The molecule has 1 aromatic heterocycles. The summed E-state index contributed by atoms with van der Waals surface area (Å²) in [6, 6.07) is 3.89. The molecule has 1 saturated carbocycles. The van der Waals surface area contributed by atoms with Gasteiger partial charge in [-0.3, -0.25) is 4.79 Å². The predicted octanol–water partition coefficient (Wildman–Crippen LogP) is 3.81. The molecule has 1 amide bonds.